The van der Waals surface area contributed by atoms with Gasteiger partial charge in [0.15, 0.2) is 0 Å². The Labute approximate surface area is 136 Å². The summed E-state index contributed by atoms with van der Waals surface area (Å²) in [7, 11) is 3.33. The fourth-order valence-corrected chi connectivity index (χ4v) is 2.61. The van der Waals surface area contributed by atoms with Gasteiger partial charge in [-0.15, -0.1) is 0 Å². The van der Waals surface area contributed by atoms with E-state index in [2.05, 4.69) is 10.3 Å². The Morgan fingerprint density at radius 1 is 1.48 bits per heavy atom. The van der Waals surface area contributed by atoms with Crippen molar-refractivity contribution in [2.24, 2.45) is 5.92 Å². The smallest absolute Gasteiger partial charge is 0.317 e. The van der Waals surface area contributed by atoms with Crippen molar-refractivity contribution < 1.29 is 14.7 Å². The van der Waals surface area contributed by atoms with E-state index < -0.39 is 0 Å². The first-order valence-corrected chi connectivity index (χ1v) is 7.81. The van der Waals surface area contributed by atoms with Crippen molar-refractivity contribution in [1.82, 2.24) is 20.1 Å². The fourth-order valence-electron chi connectivity index (χ4n) is 2.61. The van der Waals surface area contributed by atoms with E-state index in [1.165, 1.54) is 4.90 Å². The topological polar surface area (TPSA) is 85.8 Å². The molecule has 0 aromatic carbocycles. The Morgan fingerprint density at radius 3 is 2.96 bits per heavy atom. The van der Waals surface area contributed by atoms with Gasteiger partial charge in [0.25, 0.3) is 5.91 Å². The number of nitrogens with one attached hydrogen (secondary N) is 1. The third kappa shape index (κ3) is 4.66. The van der Waals surface area contributed by atoms with Crippen LogP contribution in [0.25, 0.3) is 0 Å². The Balaban J connectivity index is 2.01. The molecule has 1 atom stereocenters. The van der Waals surface area contributed by atoms with Crippen LogP contribution in [0, 0.1) is 5.92 Å². The third-order valence-electron chi connectivity index (χ3n) is 3.95. The Kier molecular flexibility index (Phi) is 5.92. The molecule has 1 aromatic rings. The molecule has 1 fully saturated rings. The Bertz CT molecular complexity index is 562. The maximum absolute atomic E-state index is 12.6. The van der Waals surface area contributed by atoms with E-state index in [-0.39, 0.29) is 31.0 Å². The number of pyridine rings is 1. The number of hydrogen-bond donors (Lipinski definition) is 2. The lowest BCUT2D eigenvalue weighted by molar-refractivity contribution is 0.0620. The minimum absolute atomic E-state index is 0.0502. The maximum Gasteiger partial charge on any atom is 0.317 e. The van der Waals surface area contributed by atoms with Crippen LogP contribution < -0.4 is 5.32 Å². The van der Waals surface area contributed by atoms with Crippen molar-refractivity contribution in [2.75, 3.05) is 33.8 Å². The quantitative estimate of drug-likeness (QED) is 0.855. The van der Waals surface area contributed by atoms with Crippen LogP contribution in [0.3, 0.4) is 0 Å². The molecule has 1 unspecified atom stereocenters. The van der Waals surface area contributed by atoms with Crippen LogP contribution >= 0.6 is 0 Å². The second-order valence-corrected chi connectivity index (χ2v) is 6.03. The molecule has 0 radical (unpaired) electrons. The molecule has 2 N–H and O–H groups in total. The van der Waals surface area contributed by atoms with Crippen molar-refractivity contribution in [3.63, 3.8) is 0 Å². The van der Waals surface area contributed by atoms with E-state index in [9.17, 15) is 14.7 Å². The molecular weight excluding hydrogens is 296 g/mol. The largest absolute Gasteiger partial charge is 0.396 e. The summed E-state index contributed by atoms with van der Waals surface area (Å²) in [5.41, 5.74) is 1.20. The van der Waals surface area contributed by atoms with Crippen LogP contribution in [-0.4, -0.2) is 65.6 Å². The molecule has 0 spiro atoms. The second kappa shape index (κ2) is 7.92. The number of aliphatic hydroxyl groups is 1. The molecule has 0 bridgehead atoms. The summed E-state index contributed by atoms with van der Waals surface area (Å²) in [5, 5.41) is 12.0. The first-order valence-electron chi connectivity index (χ1n) is 7.81. The summed E-state index contributed by atoms with van der Waals surface area (Å²) in [4.78, 5) is 31.5. The van der Waals surface area contributed by atoms with Gasteiger partial charge in [-0.25, -0.2) is 4.79 Å². The highest BCUT2D eigenvalue weighted by Crippen LogP contribution is 2.18. The van der Waals surface area contributed by atoms with Gasteiger partial charge in [-0.05, 0) is 30.9 Å². The standard InChI is InChI=1S/C16H24N4O3/c1-19(2)16(23)18-9-14-8-13(5-6-17-14)15(22)20-7-3-4-12(10-20)11-21/h5-6,8,12,21H,3-4,7,9-11H2,1-2H3,(H,18,23). The average molecular weight is 320 g/mol. The number of amides is 3. The fraction of sp³-hybridized carbons (Fsp3) is 0.562. The van der Waals surface area contributed by atoms with Gasteiger partial charge in [-0.1, -0.05) is 0 Å². The highest BCUT2D eigenvalue weighted by atomic mass is 16.3. The number of urea groups is 1. The molecule has 1 saturated heterocycles. The van der Waals surface area contributed by atoms with Gasteiger partial charge >= 0.3 is 6.03 Å². The van der Waals surface area contributed by atoms with E-state index in [0.29, 0.717) is 24.3 Å². The highest BCUT2D eigenvalue weighted by molar-refractivity contribution is 5.94. The van der Waals surface area contributed by atoms with Crippen LogP contribution in [-0.2, 0) is 6.54 Å². The Morgan fingerprint density at radius 2 is 2.26 bits per heavy atom. The van der Waals surface area contributed by atoms with Gasteiger partial charge in [-0.2, -0.15) is 0 Å². The third-order valence-corrected chi connectivity index (χ3v) is 3.95. The lowest BCUT2D eigenvalue weighted by Crippen LogP contribution is -2.41. The van der Waals surface area contributed by atoms with Crippen LogP contribution in [0.5, 0.6) is 0 Å². The number of carbonyl (C=O) groups excluding carboxylic acids is 2. The zero-order chi connectivity index (χ0) is 16.8. The lowest BCUT2D eigenvalue weighted by Gasteiger charge is -2.32. The van der Waals surface area contributed by atoms with Gasteiger partial charge < -0.3 is 20.2 Å². The van der Waals surface area contributed by atoms with Crippen LogP contribution in [0.4, 0.5) is 4.79 Å². The number of aliphatic hydroxyl groups excluding tert-OH is 1. The summed E-state index contributed by atoms with van der Waals surface area (Å²) in [6, 6.07) is 3.19. The molecule has 126 valence electrons. The van der Waals surface area contributed by atoms with Gasteiger partial charge in [0.05, 0.1) is 12.2 Å². The highest BCUT2D eigenvalue weighted by Gasteiger charge is 2.24. The van der Waals surface area contributed by atoms with E-state index in [4.69, 9.17) is 0 Å². The van der Waals surface area contributed by atoms with E-state index in [1.54, 1.807) is 37.3 Å². The lowest BCUT2D eigenvalue weighted by atomic mass is 9.98. The molecule has 1 aromatic heterocycles. The molecule has 1 aliphatic rings. The van der Waals surface area contributed by atoms with Gasteiger partial charge in [-0.3, -0.25) is 9.78 Å². The number of rotatable bonds is 4. The zero-order valence-electron chi connectivity index (χ0n) is 13.7. The average Bonchev–Trinajstić information content (AvgIpc) is 2.59. The minimum Gasteiger partial charge on any atom is -0.396 e. The number of nitrogens with zero attached hydrogens (tertiary/aromatic N) is 3. The number of hydrogen-bond acceptors (Lipinski definition) is 4. The number of likely N-dealkylation sites (tertiary alicyclic amines) is 1. The molecule has 0 saturated carbocycles. The van der Waals surface area contributed by atoms with Crippen LogP contribution in [0.2, 0.25) is 0 Å². The molecule has 7 nitrogen and oxygen atoms in total. The van der Waals surface area contributed by atoms with Gasteiger partial charge in [0, 0.05) is 45.6 Å². The maximum atomic E-state index is 12.6. The van der Waals surface area contributed by atoms with E-state index in [1.807, 2.05) is 0 Å². The van der Waals surface area contributed by atoms with Crippen LogP contribution in [0.1, 0.15) is 28.9 Å². The van der Waals surface area contributed by atoms with Gasteiger partial charge in [0.2, 0.25) is 0 Å². The predicted molar refractivity (Wildman–Crippen MR) is 85.9 cm³/mol. The molecule has 2 heterocycles. The molecule has 0 aliphatic carbocycles. The monoisotopic (exact) mass is 320 g/mol. The molecule has 3 amide bonds. The molecule has 1 aliphatic heterocycles. The summed E-state index contributed by atoms with van der Waals surface area (Å²) >= 11 is 0. The van der Waals surface area contributed by atoms with Crippen molar-refractivity contribution in [3.05, 3.63) is 29.6 Å². The van der Waals surface area contributed by atoms with Crippen molar-refractivity contribution in [2.45, 2.75) is 19.4 Å². The van der Waals surface area contributed by atoms with E-state index >= 15 is 0 Å². The predicted octanol–water partition coefficient (Wildman–Crippen LogP) is 0.697. The number of piperidine rings is 1. The molecule has 7 heteroatoms. The second-order valence-electron chi connectivity index (χ2n) is 6.03. The van der Waals surface area contributed by atoms with Gasteiger partial charge in [0.1, 0.15) is 0 Å². The SMILES string of the molecule is CN(C)C(=O)NCc1cc(C(=O)N2CCCC(CO)C2)ccn1. The first kappa shape index (κ1) is 17.2. The Hall–Kier alpha value is -2.15. The normalized spacial score (nSPS) is 17.7. The summed E-state index contributed by atoms with van der Waals surface area (Å²) < 4.78 is 0. The van der Waals surface area contributed by atoms with Crippen molar-refractivity contribution in [3.8, 4) is 0 Å². The first-order chi connectivity index (χ1) is 11.0. The molecule has 23 heavy (non-hydrogen) atoms. The van der Waals surface area contributed by atoms with Crippen LogP contribution in [0.15, 0.2) is 18.3 Å². The summed E-state index contributed by atoms with van der Waals surface area (Å²) in [5.74, 6) is 0.110. The molecular formula is C16H24N4O3. The molecule has 2 rings (SSSR count). The van der Waals surface area contributed by atoms with Crippen molar-refractivity contribution in [1.29, 1.82) is 0 Å². The zero-order valence-corrected chi connectivity index (χ0v) is 13.7. The number of aromatic nitrogens is 1. The minimum atomic E-state index is -0.203. The summed E-state index contributed by atoms with van der Waals surface area (Å²) in [6.07, 6.45) is 3.45. The van der Waals surface area contributed by atoms with E-state index in [0.717, 1.165) is 12.8 Å². The number of carbonyl (C=O) groups is 2. The summed E-state index contributed by atoms with van der Waals surface area (Å²) in [6.45, 7) is 1.69. The van der Waals surface area contributed by atoms with Crippen molar-refractivity contribution >= 4 is 11.9 Å².